The SMILES string of the molecule is Fc1cc2nn(-c3ccc(Cl)cc3)c(NC3CCCCC3)c2cc1F. The van der Waals surface area contributed by atoms with Gasteiger partial charge in [-0.2, -0.15) is 5.10 Å². The Balaban J connectivity index is 1.84. The Labute approximate surface area is 149 Å². The van der Waals surface area contributed by atoms with E-state index in [2.05, 4.69) is 10.4 Å². The molecule has 0 radical (unpaired) electrons. The van der Waals surface area contributed by atoms with Crippen LogP contribution in [0.1, 0.15) is 32.1 Å². The number of fused-ring (bicyclic) bond motifs is 1. The molecule has 1 aliphatic carbocycles. The molecular formula is C19H18ClF2N3. The summed E-state index contributed by atoms with van der Waals surface area (Å²) in [6.45, 7) is 0. The van der Waals surface area contributed by atoms with Crippen molar-refractivity contribution in [1.82, 2.24) is 9.78 Å². The Morgan fingerprint density at radius 1 is 1.00 bits per heavy atom. The third-order valence-electron chi connectivity index (χ3n) is 4.73. The fourth-order valence-corrected chi connectivity index (χ4v) is 3.55. The Bertz CT molecular complexity index is 899. The fraction of sp³-hybridized carbons (Fsp3) is 0.316. The van der Waals surface area contributed by atoms with Gasteiger partial charge < -0.3 is 5.32 Å². The monoisotopic (exact) mass is 361 g/mol. The molecule has 130 valence electrons. The lowest BCUT2D eigenvalue weighted by atomic mass is 9.95. The quantitative estimate of drug-likeness (QED) is 0.648. The molecule has 1 N–H and O–H groups in total. The molecule has 0 atom stereocenters. The van der Waals surface area contributed by atoms with E-state index < -0.39 is 11.6 Å². The van der Waals surface area contributed by atoms with Gasteiger partial charge in [0.15, 0.2) is 11.6 Å². The minimum absolute atomic E-state index is 0.313. The van der Waals surface area contributed by atoms with Gasteiger partial charge in [-0.05, 0) is 43.2 Å². The Hall–Kier alpha value is -2.14. The second kappa shape index (κ2) is 6.64. The average Bonchev–Trinajstić information content (AvgIpc) is 2.94. The minimum atomic E-state index is -0.891. The topological polar surface area (TPSA) is 29.9 Å². The third kappa shape index (κ3) is 3.21. The highest BCUT2D eigenvalue weighted by Gasteiger charge is 2.20. The van der Waals surface area contributed by atoms with E-state index in [0.717, 1.165) is 24.6 Å². The normalized spacial score (nSPS) is 15.6. The highest BCUT2D eigenvalue weighted by molar-refractivity contribution is 6.30. The van der Waals surface area contributed by atoms with Crippen molar-refractivity contribution in [3.63, 3.8) is 0 Å². The number of nitrogens with zero attached hydrogens (tertiary/aromatic N) is 2. The maximum absolute atomic E-state index is 13.8. The minimum Gasteiger partial charge on any atom is -0.367 e. The number of hydrogen-bond acceptors (Lipinski definition) is 2. The van der Waals surface area contributed by atoms with Gasteiger partial charge in [-0.1, -0.05) is 30.9 Å². The van der Waals surface area contributed by atoms with Crippen LogP contribution in [0, 0.1) is 11.6 Å². The molecule has 4 rings (SSSR count). The molecular weight excluding hydrogens is 344 g/mol. The van der Waals surface area contributed by atoms with Crippen molar-refractivity contribution in [3.05, 3.63) is 53.1 Å². The molecule has 1 heterocycles. The van der Waals surface area contributed by atoms with Crippen LogP contribution in [0.4, 0.5) is 14.6 Å². The molecule has 0 amide bonds. The van der Waals surface area contributed by atoms with Crippen molar-refractivity contribution < 1.29 is 8.78 Å². The number of benzene rings is 2. The molecule has 0 saturated heterocycles. The molecule has 0 aliphatic heterocycles. The molecule has 3 aromatic rings. The summed E-state index contributed by atoms with van der Waals surface area (Å²) >= 11 is 5.97. The number of halogens is 3. The van der Waals surface area contributed by atoms with Gasteiger partial charge >= 0.3 is 0 Å². The lowest BCUT2D eigenvalue weighted by Gasteiger charge is -2.24. The molecule has 0 unspecified atom stereocenters. The van der Waals surface area contributed by atoms with E-state index in [-0.39, 0.29) is 0 Å². The number of anilines is 1. The molecule has 6 heteroatoms. The summed E-state index contributed by atoms with van der Waals surface area (Å²) in [6.07, 6.45) is 5.73. The molecule has 1 aromatic heterocycles. The summed E-state index contributed by atoms with van der Waals surface area (Å²) < 4.78 is 29.2. The van der Waals surface area contributed by atoms with Crippen molar-refractivity contribution in [2.45, 2.75) is 38.1 Å². The largest absolute Gasteiger partial charge is 0.367 e. The summed E-state index contributed by atoms with van der Waals surface area (Å²) in [4.78, 5) is 0. The van der Waals surface area contributed by atoms with Gasteiger partial charge in [-0.3, -0.25) is 0 Å². The smallest absolute Gasteiger partial charge is 0.161 e. The third-order valence-corrected chi connectivity index (χ3v) is 4.98. The number of hydrogen-bond donors (Lipinski definition) is 1. The van der Waals surface area contributed by atoms with Crippen molar-refractivity contribution in [1.29, 1.82) is 0 Å². The summed E-state index contributed by atoms with van der Waals surface area (Å²) in [6, 6.07) is 9.90. The van der Waals surface area contributed by atoms with Crippen LogP contribution < -0.4 is 5.32 Å². The van der Waals surface area contributed by atoms with Gasteiger partial charge in [-0.25, -0.2) is 13.5 Å². The molecule has 1 aliphatic rings. The van der Waals surface area contributed by atoms with Crippen LogP contribution in [0.5, 0.6) is 0 Å². The summed E-state index contributed by atoms with van der Waals surface area (Å²) in [5.74, 6) is -1.06. The number of aromatic nitrogens is 2. The maximum atomic E-state index is 13.8. The molecule has 2 aromatic carbocycles. The molecule has 1 saturated carbocycles. The standard InChI is InChI=1S/C19H18ClF2N3/c20-12-6-8-14(9-7-12)25-19(23-13-4-2-1-3-5-13)15-10-16(21)17(22)11-18(15)24-25/h6-11,13,23H,1-5H2. The lowest BCUT2D eigenvalue weighted by molar-refractivity contribution is 0.461. The first-order valence-electron chi connectivity index (χ1n) is 8.52. The summed E-state index contributed by atoms with van der Waals surface area (Å²) in [5, 5.41) is 9.20. The van der Waals surface area contributed by atoms with E-state index in [1.807, 2.05) is 12.1 Å². The second-order valence-corrected chi connectivity index (χ2v) is 6.94. The highest BCUT2D eigenvalue weighted by Crippen LogP contribution is 2.31. The zero-order valence-electron chi connectivity index (χ0n) is 13.6. The van der Waals surface area contributed by atoms with E-state index in [9.17, 15) is 8.78 Å². The molecule has 0 spiro atoms. The van der Waals surface area contributed by atoms with Crippen LogP contribution in [0.15, 0.2) is 36.4 Å². The summed E-state index contributed by atoms with van der Waals surface area (Å²) in [7, 11) is 0. The fourth-order valence-electron chi connectivity index (χ4n) is 3.43. The van der Waals surface area contributed by atoms with E-state index in [1.54, 1.807) is 16.8 Å². The van der Waals surface area contributed by atoms with E-state index in [0.29, 0.717) is 27.8 Å². The van der Waals surface area contributed by atoms with Gasteiger partial charge in [0, 0.05) is 22.5 Å². The van der Waals surface area contributed by atoms with Crippen molar-refractivity contribution in [2.24, 2.45) is 0 Å². The van der Waals surface area contributed by atoms with Crippen molar-refractivity contribution >= 4 is 28.3 Å². The first-order valence-corrected chi connectivity index (χ1v) is 8.90. The van der Waals surface area contributed by atoms with Crippen molar-refractivity contribution in [2.75, 3.05) is 5.32 Å². The maximum Gasteiger partial charge on any atom is 0.161 e. The molecule has 25 heavy (non-hydrogen) atoms. The number of nitrogens with one attached hydrogen (secondary N) is 1. The van der Waals surface area contributed by atoms with Gasteiger partial charge in [0.05, 0.1) is 11.2 Å². The van der Waals surface area contributed by atoms with Crippen LogP contribution in [0.2, 0.25) is 5.02 Å². The lowest BCUT2D eigenvalue weighted by Crippen LogP contribution is -2.23. The van der Waals surface area contributed by atoms with Gasteiger partial charge in [0.1, 0.15) is 5.82 Å². The highest BCUT2D eigenvalue weighted by atomic mass is 35.5. The van der Waals surface area contributed by atoms with E-state index in [1.165, 1.54) is 25.3 Å². The first-order chi connectivity index (χ1) is 12.1. The van der Waals surface area contributed by atoms with Gasteiger partial charge in [0.25, 0.3) is 0 Å². The summed E-state index contributed by atoms with van der Waals surface area (Å²) in [5.41, 5.74) is 1.21. The van der Waals surface area contributed by atoms with Gasteiger partial charge in [0.2, 0.25) is 0 Å². The predicted octanol–water partition coefficient (Wildman–Crippen LogP) is 5.70. The Morgan fingerprint density at radius 3 is 2.40 bits per heavy atom. The molecule has 1 fully saturated rings. The number of rotatable bonds is 3. The second-order valence-electron chi connectivity index (χ2n) is 6.50. The molecule has 0 bridgehead atoms. The zero-order chi connectivity index (χ0) is 17.4. The van der Waals surface area contributed by atoms with E-state index >= 15 is 0 Å². The van der Waals surface area contributed by atoms with Gasteiger partial charge in [-0.15, -0.1) is 0 Å². The zero-order valence-corrected chi connectivity index (χ0v) is 14.4. The predicted molar refractivity (Wildman–Crippen MR) is 96.5 cm³/mol. The van der Waals surface area contributed by atoms with Crippen LogP contribution in [0.25, 0.3) is 16.6 Å². The van der Waals surface area contributed by atoms with Crippen LogP contribution >= 0.6 is 11.6 Å². The average molecular weight is 362 g/mol. The van der Waals surface area contributed by atoms with Crippen LogP contribution in [-0.2, 0) is 0 Å². The van der Waals surface area contributed by atoms with Crippen molar-refractivity contribution in [3.8, 4) is 5.69 Å². The Kier molecular flexibility index (Phi) is 4.34. The molecule has 3 nitrogen and oxygen atoms in total. The van der Waals surface area contributed by atoms with Crippen LogP contribution in [0.3, 0.4) is 0 Å². The van der Waals surface area contributed by atoms with Crippen LogP contribution in [-0.4, -0.2) is 15.8 Å². The van der Waals surface area contributed by atoms with E-state index in [4.69, 9.17) is 11.6 Å². The Morgan fingerprint density at radius 2 is 1.68 bits per heavy atom. The first kappa shape index (κ1) is 16.3.